The molecule has 1 aliphatic carbocycles. The zero-order valence-corrected chi connectivity index (χ0v) is 15.5. The molecule has 0 saturated heterocycles. The standard InChI is InChI=1S/C20H21N3O4/c1-22-18-17(19(25)23(2)20(22)26)15(11-6-4-7-12(10-11)27-3)16-13(21-18)8-5-9-14(16)24/h4,6-7,10,15,21H,5,8-9H2,1-3H3/t15-/m1/s1. The van der Waals surface area contributed by atoms with E-state index in [1.165, 1.54) is 11.6 Å². The number of nitrogens with one attached hydrogen (secondary N) is 1. The maximum absolute atomic E-state index is 13.1. The van der Waals surface area contributed by atoms with E-state index in [2.05, 4.69) is 5.32 Å². The van der Waals surface area contributed by atoms with Gasteiger partial charge >= 0.3 is 5.69 Å². The predicted octanol–water partition coefficient (Wildman–Crippen LogP) is 1.66. The highest BCUT2D eigenvalue weighted by Gasteiger charge is 2.38. The van der Waals surface area contributed by atoms with E-state index < -0.39 is 17.2 Å². The molecule has 0 radical (unpaired) electrons. The number of carbonyl (C=O) groups excluding carboxylic acids is 1. The van der Waals surface area contributed by atoms with Gasteiger partial charge in [-0.15, -0.1) is 0 Å². The van der Waals surface area contributed by atoms with Gasteiger partial charge in [0.1, 0.15) is 11.6 Å². The number of carbonyl (C=O) groups is 1. The highest BCUT2D eigenvalue weighted by molar-refractivity contribution is 6.00. The summed E-state index contributed by atoms with van der Waals surface area (Å²) in [5.41, 5.74) is 1.85. The van der Waals surface area contributed by atoms with Crippen LogP contribution in [-0.4, -0.2) is 22.0 Å². The molecule has 7 heteroatoms. The van der Waals surface area contributed by atoms with Gasteiger partial charge in [-0.25, -0.2) is 4.79 Å². The van der Waals surface area contributed by atoms with Crippen LogP contribution in [0.1, 0.15) is 36.3 Å². The Balaban J connectivity index is 2.08. The van der Waals surface area contributed by atoms with Crippen LogP contribution in [0.25, 0.3) is 0 Å². The third-order valence-electron chi connectivity index (χ3n) is 5.43. The fraction of sp³-hybridized carbons (Fsp3) is 0.350. The van der Waals surface area contributed by atoms with E-state index >= 15 is 0 Å². The number of anilines is 1. The fourth-order valence-corrected chi connectivity index (χ4v) is 4.05. The van der Waals surface area contributed by atoms with Crippen molar-refractivity contribution in [2.45, 2.75) is 25.2 Å². The summed E-state index contributed by atoms with van der Waals surface area (Å²) in [6.07, 6.45) is 1.93. The van der Waals surface area contributed by atoms with Crippen molar-refractivity contribution >= 4 is 11.6 Å². The van der Waals surface area contributed by atoms with Gasteiger partial charge in [0, 0.05) is 37.7 Å². The molecule has 1 atom stereocenters. The van der Waals surface area contributed by atoms with Gasteiger partial charge in [0.25, 0.3) is 5.56 Å². The van der Waals surface area contributed by atoms with Crippen LogP contribution >= 0.6 is 0 Å². The minimum absolute atomic E-state index is 0.0399. The van der Waals surface area contributed by atoms with Crippen LogP contribution in [0.3, 0.4) is 0 Å². The number of benzene rings is 1. The molecule has 0 bridgehead atoms. The number of rotatable bonds is 2. The lowest BCUT2D eigenvalue weighted by molar-refractivity contribution is -0.116. The SMILES string of the molecule is COc1cccc([C@@H]2C3=C(CCCC3=O)Nc3c2c(=O)n(C)c(=O)n3C)c1. The number of Topliss-reactive ketones (excluding diaryl/α,β-unsaturated/α-hetero) is 1. The lowest BCUT2D eigenvalue weighted by Gasteiger charge is -2.34. The molecule has 0 amide bonds. The number of hydrogen-bond acceptors (Lipinski definition) is 5. The van der Waals surface area contributed by atoms with Crippen molar-refractivity contribution in [3.8, 4) is 5.75 Å². The molecule has 2 aromatic rings. The molecule has 0 spiro atoms. The Labute approximate surface area is 155 Å². The normalized spacial score (nSPS) is 18.6. The predicted molar refractivity (Wildman–Crippen MR) is 101 cm³/mol. The van der Waals surface area contributed by atoms with Gasteiger partial charge in [-0.2, -0.15) is 0 Å². The van der Waals surface area contributed by atoms with Crippen molar-refractivity contribution in [1.29, 1.82) is 0 Å². The molecular weight excluding hydrogens is 346 g/mol. The van der Waals surface area contributed by atoms with Crippen molar-refractivity contribution < 1.29 is 9.53 Å². The molecule has 27 heavy (non-hydrogen) atoms. The molecule has 4 rings (SSSR count). The van der Waals surface area contributed by atoms with Gasteiger partial charge in [-0.3, -0.25) is 18.7 Å². The Bertz CT molecular complexity index is 1110. The first kappa shape index (κ1) is 17.3. The average Bonchev–Trinajstić information content (AvgIpc) is 2.69. The van der Waals surface area contributed by atoms with Crippen LogP contribution in [0, 0.1) is 0 Å². The largest absolute Gasteiger partial charge is 0.497 e. The Morgan fingerprint density at radius 2 is 1.89 bits per heavy atom. The second-order valence-corrected chi connectivity index (χ2v) is 6.97. The summed E-state index contributed by atoms with van der Waals surface area (Å²) >= 11 is 0. The van der Waals surface area contributed by atoms with Crippen molar-refractivity contribution in [2.75, 3.05) is 12.4 Å². The van der Waals surface area contributed by atoms with E-state index in [0.717, 1.165) is 22.2 Å². The molecular formula is C20H21N3O4. The molecule has 140 valence electrons. The third kappa shape index (κ3) is 2.53. The summed E-state index contributed by atoms with van der Waals surface area (Å²) in [5.74, 6) is 0.631. The highest BCUT2D eigenvalue weighted by Crippen LogP contribution is 2.43. The first-order valence-electron chi connectivity index (χ1n) is 8.91. The molecule has 1 aromatic carbocycles. The second kappa shape index (κ2) is 6.26. The first-order valence-corrected chi connectivity index (χ1v) is 8.91. The number of hydrogen-bond donors (Lipinski definition) is 1. The van der Waals surface area contributed by atoms with Gasteiger partial charge in [0.15, 0.2) is 5.78 Å². The molecule has 2 aliphatic rings. The molecule has 0 unspecified atom stereocenters. The number of ether oxygens (including phenoxy) is 1. The van der Waals surface area contributed by atoms with Gasteiger partial charge in [-0.05, 0) is 30.5 Å². The van der Waals surface area contributed by atoms with Crippen LogP contribution in [-0.2, 0) is 18.9 Å². The Morgan fingerprint density at radius 3 is 2.63 bits per heavy atom. The van der Waals surface area contributed by atoms with E-state index in [9.17, 15) is 14.4 Å². The maximum Gasteiger partial charge on any atom is 0.332 e. The van der Waals surface area contributed by atoms with Gasteiger partial charge in [0.05, 0.1) is 12.7 Å². The van der Waals surface area contributed by atoms with Crippen LogP contribution in [0.2, 0.25) is 0 Å². The fourth-order valence-electron chi connectivity index (χ4n) is 4.05. The summed E-state index contributed by atoms with van der Waals surface area (Å²) in [6, 6.07) is 7.40. The van der Waals surface area contributed by atoms with E-state index in [1.54, 1.807) is 14.2 Å². The number of ketones is 1. The van der Waals surface area contributed by atoms with Gasteiger partial charge in [-0.1, -0.05) is 12.1 Å². The van der Waals surface area contributed by atoms with E-state index in [4.69, 9.17) is 4.74 Å². The molecule has 0 fully saturated rings. The number of methoxy groups -OCH3 is 1. The van der Waals surface area contributed by atoms with Crippen LogP contribution in [0.5, 0.6) is 5.75 Å². The summed E-state index contributed by atoms with van der Waals surface area (Å²) in [6.45, 7) is 0. The maximum atomic E-state index is 13.1. The van der Waals surface area contributed by atoms with Gasteiger partial charge < -0.3 is 10.1 Å². The molecule has 1 aromatic heterocycles. The number of allylic oxidation sites excluding steroid dienone is 2. The lowest BCUT2D eigenvalue weighted by atomic mass is 9.76. The Kier molecular flexibility index (Phi) is 4.02. The van der Waals surface area contributed by atoms with Crippen molar-refractivity contribution in [1.82, 2.24) is 9.13 Å². The average molecular weight is 367 g/mol. The first-order chi connectivity index (χ1) is 12.9. The quantitative estimate of drug-likeness (QED) is 0.873. The molecule has 7 nitrogen and oxygen atoms in total. The second-order valence-electron chi connectivity index (χ2n) is 6.97. The minimum Gasteiger partial charge on any atom is -0.497 e. The summed E-state index contributed by atoms with van der Waals surface area (Å²) in [4.78, 5) is 38.3. The third-order valence-corrected chi connectivity index (χ3v) is 5.43. The summed E-state index contributed by atoms with van der Waals surface area (Å²) in [5, 5.41) is 3.21. The molecule has 2 heterocycles. The molecule has 0 saturated carbocycles. The monoisotopic (exact) mass is 367 g/mol. The zero-order valence-electron chi connectivity index (χ0n) is 15.5. The summed E-state index contributed by atoms with van der Waals surface area (Å²) < 4.78 is 7.87. The van der Waals surface area contributed by atoms with Crippen LogP contribution in [0.4, 0.5) is 5.82 Å². The summed E-state index contributed by atoms with van der Waals surface area (Å²) in [7, 11) is 4.67. The van der Waals surface area contributed by atoms with Crippen molar-refractivity contribution in [3.05, 3.63) is 67.5 Å². The highest BCUT2D eigenvalue weighted by atomic mass is 16.5. The van der Waals surface area contributed by atoms with Gasteiger partial charge in [0.2, 0.25) is 0 Å². The van der Waals surface area contributed by atoms with Crippen molar-refractivity contribution in [2.24, 2.45) is 14.1 Å². The zero-order chi connectivity index (χ0) is 19.3. The van der Waals surface area contributed by atoms with E-state index in [1.807, 2.05) is 24.3 Å². The smallest absolute Gasteiger partial charge is 0.332 e. The molecule has 1 aliphatic heterocycles. The topological polar surface area (TPSA) is 82.3 Å². The Morgan fingerprint density at radius 1 is 1.11 bits per heavy atom. The van der Waals surface area contributed by atoms with Crippen LogP contribution in [0.15, 0.2) is 45.1 Å². The van der Waals surface area contributed by atoms with E-state index in [0.29, 0.717) is 35.5 Å². The van der Waals surface area contributed by atoms with Crippen molar-refractivity contribution in [3.63, 3.8) is 0 Å². The molecule has 1 N–H and O–H groups in total. The minimum atomic E-state index is -0.523. The Hall–Kier alpha value is -3.09. The lowest BCUT2D eigenvalue weighted by Crippen LogP contribution is -2.44. The van der Waals surface area contributed by atoms with E-state index in [-0.39, 0.29) is 5.78 Å². The van der Waals surface area contributed by atoms with Crippen LogP contribution < -0.4 is 21.3 Å². The number of nitrogens with zero attached hydrogens (tertiary/aromatic N) is 2. The number of fused-ring (bicyclic) bond motifs is 1. The number of aromatic nitrogens is 2.